The van der Waals surface area contributed by atoms with E-state index in [2.05, 4.69) is 34.6 Å². The molecular formula is C19H31NO4S. The minimum absolute atomic E-state index is 0.0552. The second-order valence-electron chi connectivity index (χ2n) is 8.17. The Bertz CT molecular complexity index is 658. The van der Waals surface area contributed by atoms with Crippen molar-refractivity contribution in [2.75, 3.05) is 12.8 Å². The van der Waals surface area contributed by atoms with E-state index < -0.39 is 10.1 Å². The van der Waals surface area contributed by atoms with Gasteiger partial charge >= 0.3 is 10.1 Å². The number of nitrogens with zero attached hydrogens (tertiary/aromatic N) is 1. The molecule has 0 unspecified atom stereocenters. The molecule has 142 valence electrons. The fourth-order valence-corrected chi connectivity index (χ4v) is 2.78. The molecule has 0 aliphatic rings. The highest BCUT2D eigenvalue weighted by atomic mass is 32.2. The number of benzene rings is 1. The van der Waals surface area contributed by atoms with Gasteiger partial charge in [-0.25, -0.2) is 0 Å². The van der Waals surface area contributed by atoms with Gasteiger partial charge in [-0.05, 0) is 35.4 Å². The summed E-state index contributed by atoms with van der Waals surface area (Å²) in [7, 11) is -3.53. The molecule has 0 saturated heterocycles. The molecule has 0 N–H and O–H groups in total. The highest BCUT2D eigenvalue weighted by Gasteiger charge is 2.21. The number of carbonyl (C=O) groups excluding carboxylic acids is 1. The molecule has 0 radical (unpaired) electrons. The van der Waals surface area contributed by atoms with Crippen molar-refractivity contribution in [1.82, 2.24) is 4.90 Å². The maximum Gasteiger partial charge on any atom is 0.306 e. The monoisotopic (exact) mass is 369 g/mol. The number of amides is 1. The van der Waals surface area contributed by atoms with Gasteiger partial charge in [0.2, 0.25) is 5.91 Å². The Kier molecular flexibility index (Phi) is 7.47. The summed E-state index contributed by atoms with van der Waals surface area (Å²) >= 11 is 0. The molecule has 0 saturated carbocycles. The molecule has 0 aliphatic carbocycles. The van der Waals surface area contributed by atoms with E-state index in [0.717, 1.165) is 18.2 Å². The van der Waals surface area contributed by atoms with Gasteiger partial charge in [0.05, 0.1) is 6.26 Å². The number of hydrogen-bond donors (Lipinski definition) is 0. The van der Waals surface area contributed by atoms with Crippen LogP contribution in [-0.2, 0) is 21.5 Å². The standard InChI is InChI=1S/C19H31NO4S/c1-15(2)11-12-20(18(21)13-19(3,4)5)14-16-7-9-17(10-8-16)24-25(6,22)23/h7-10,15H,11-14H2,1-6H3. The first-order valence-electron chi connectivity index (χ1n) is 8.62. The number of carbonyl (C=O) groups is 1. The molecule has 0 aliphatic heterocycles. The molecular weight excluding hydrogens is 338 g/mol. The van der Waals surface area contributed by atoms with Gasteiger partial charge in [0.15, 0.2) is 0 Å². The zero-order valence-electron chi connectivity index (χ0n) is 16.2. The van der Waals surface area contributed by atoms with Crippen molar-refractivity contribution in [3.63, 3.8) is 0 Å². The molecule has 0 heterocycles. The highest BCUT2D eigenvalue weighted by molar-refractivity contribution is 7.86. The molecule has 0 fully saturated rings. The average molecular weight is 370 g/mol. The topological polar surface area (TPSA) is 63.7 Å². The maximum absolute atomic E-state index is 12.7. The van der Waals surface area contributed by atoms with Crippen molar-refractivity contribution >= 4 is 16.0 Å². The van der Waals surface area contributed by atoms with Crippen molar-refractivity contribution < 1.29 is 17.4 Å². The van der Waals surface area contributed by atoms with Crippen LogP contribution in [0, 0.1) is 11.3 Å². The third kappa shape index (κ3) is 9.48. The van der Waals surface area contributed by atoms with Crippen molar-refractivity contribution in [2.24, 2.45) is 11.3 Å². The highest BCUT2D eigenvalue weighted by Crippen LogP contribution is 2.22. The van der Waals surface area contributed by atoms with Gasteiger partial charge in [0, 0.05) is 19.5 Å². The van der Waals surface area contributed by atoms with E-state index >= 15 is 0 Å². The summed E-state index contributed by atoms with van der Waals surface area (Å²) in [5.41, 5.74) is 0.896. The van der Waals surface area contributed by atoms with E-state index in [-0.39, 0.29) is 17.1 Å². The Morgan fingerprint density at radius 2 is 1.72 bits per heavy atom. The summed E-state index contributed by atoms with van der Waals surface area (Å²) in [5, 5.41) is 0. The lowest BCUT2D eigenvalue weighted by Crippen LogP contribution is -2.34. The predicted octanol–water partition coefficient (Wildman–Crippen LogP) is 3.84. The first-order valence-corrected chi connectivity index (χ1v) is 10.4. The predicted molar refractivity (Wildman–Crippen MR) is 101 cm³/mol. The van der Waals surface area contributed by atoms with E-state index in [9.17, 15) is 13.2 Å². The van der Waals surface area contributed by atoms with Crippen molar-refractivity contribution in [3.05, 3.63) is 29.8 Å². The normalized spacial score (nSPS) is 12.3. The molecule has 6 heteroatoms. The molecule has 0 spiro atoms. The lowest BCUT2D eigenvalue weighted by molar-refractivity contribution is -0.133. The zero-order chi connectivity index (χ0) is 19.3. The molecule has 1 aromatic rings. The summed E-state index contributed by atoms with van der Waals surface area (Å²) in [6, 6.07) is 6.83. The van der Waals surface area contributed by atoms with Gasteiger partial charge < -0.3 is 9.08 Å². The summed E-state index contributed by atoms with van der Waals surface area (Å²) in [6.07, 6.45) is 2.46. The minimum Gasteiger partial charge on any atom is -0.383 e. The third-order valence-electron chi connectivity index (χ3n) is 3.56. The van der Waals surface area contributed by atoms with E-state index in [1.807, 2.05) is 4.90 Å². The van der Waals surface area contributed by atoms with Crippen molar-refractivity contribution in [2.45, 2.75) is 54.0 Å². The van der Waals surface area contributed by atoms with E-state index in [0.29, 0.717) is 25.4 Å². The average Bonchev–Trinajstić information content (AvgIpc) is 2.41. The summed E-state index contributed by atoms with van der Waals surface area (Å²) < 4.78 is 27.2. The largest absolute Gasteiger partial charge is 0.383 e. The first-order chi connectivity index (χ1) is 11.4. The van der Waals surface area contributed by atoms with Crippen LogP contribution in [0.4, 0.5) is 0 Å². The third-order valence-corrected chi connectivity index (χ3v) is 4.05. The smallest absolute Gasteiger partial charge is 0.306 e. The van der Waals surface area contributed by atoms with Crippen LogP contribution in [0.15, 0.2) is 24.3 Å². The van der Waals surface area contributed by atoms with Gasteiger partial charge in [-0.3, -0.25) is 4.79 Å². The molecule has 25 heavy (non-hydrogen) atoms. The van der Waals surface area contributed by atoms with Crippen LogP contribution < -0.4 is 4.18 Å². The fourth-order valence-electron chi connectivity index (χ4n) is 2.32. The summed E-state index contributed by atoms with van der Waals surface area (Å²) in [4.78, 5) is 14.5. The second kappa shape index (κ2) is 8.70. The second-order valence-corrected chi connectivity index (χ2v) is 9.74. The Hall–Kier alpha value is -1.56. The van der Waals surface area contributed by atoms with Crippen LogP contribution in [0.2, 0.25) is 0 Å². The van der Waals surface area contributed by atoms with E-state index in [1.165, 1.54) is 0 Å². The van der Waals surface area contributed by atoms with Gasteiger partial charge in [0.1, 0.15) is 5.75 Å². The Morgan fingerprint density at radius 1 is 1.16 bits per heavy atom. The summed E-state index contributed by atoms with van der Waals surface area (Å²) in [5.74, 6) is 0.945. The Morgan fingerprint density at radius 3 is 2.16 bits per heavy atom. The Balaban J connectivity index is 2.84. The van der Waals surface area contributed by atoms with Crippen molar-refractivity contribution in [3.8, 4) is 5.75 Å². The van der Waals surface area contributed by atoms with Crippen LogP contribution in [-0.4, -0.2) is 32.0 Å². The summed E-state index contributed by atoms with van der Waals surface area (Å²) in [6.45, 7) is 11.7. The molecule has 1 aromatic carbocycles. The molecule has 0 aromatic heterocycles. The first kappa shape index (κ1) is 21.5. The van der Waals surface area contributed by atoms with E-state index in [1.54, 1.807) is 24.3 Å². The molecule has 0 atom stereocenters. The molecule has 1 amide bonds. The molecule has 1 rings (SSSR count). The van der Waals surface area contributed by atoms with Crippen LogP contribution in [0.25, 0.3) is 0 Å². The number of hydrogen-bond acceptors (Lipinski definition) is 4. The van der Waals surface area contributed by atoms with Crippen molar-refractivity contribution in [1.29, 1.82) is 0 Å². The minimum atomic E-state index is -3.53. The Labute approximate surface area is 152 Å². The van der Waals surface area contributed by atoms with E-state index in [4.69, 9.17) is 4.18 Å². The van der Waals surface area contributed by atoms with Crippen LogP contribution >= 0.6 is 0 Å². The quantitative estimate of drug-likeness (QED) is 0.653. The van der Waals surface area contributed by atoms with Gasteiger partial charge in [-0.2, -0.15) is 8.42 Å². The zero-order valence-corrected chi connectivity index (χ0v) is 17.0. The maximum atomic E-state index is 12.7. The van der Waals surface area contributed by atoms with Gasteiger partial charge in [-0.1, -0.05) is 46.8 Å². The van der Waals surface area contributed by atoms with Crippen LogP contribution in [0.5, 0.6) is 5.75 Å². The van der Waals surface area contributed by atoms with Gasteiger partial charge in [-0.15, -0.1) is 0 Å². The van der Waals surface area contributed by atoms with Crippen LogP contribution in [0.1, 0.15) is 53.0 Å². The fraction of sp³-hybridized carbons (Fsp3) is 0.632. The molecule has 0 bridgehead atoms. The lowest BCUT2D eigenvalue weighted by atomic mass is 9.91. The van der Waals surface area contributed by atoms with Gasteiger partial charge in [0.25, 0.3) is 0 Å². The SMILES string of the molecule is CC(C)CCN(Cc1ccc(OS(C)(=O)=O)cc1)C(=O)CC(C)(C)C. The van der Waals surface area contributed by atoms with Crippen LogP contribution in [0.3, 0.4) is 0 Å². The number of rotatable bonds is 8. The lowest BCUT2D eigenvalue weighted by Gasteiger charge is -2.27. The molecule has 5 nitrogen and oxygen atoms in total.